The Labute approximate surface area is 119 Å². The minimum absolute atomic E-state index is 0.176. The number of carbonyl (C=O) groups is 2. The van der Waals surface area contributed by atoms with Gasteiger partial charge in [-0.15, -0.1) is 0 Å². The molecule has 1 saturated heterocycles. The first kappa shape index (κ1) is 14.9. The molecule has 0 aromatic heterocycles. The smallest absolute Gasteiger partial charge is 0.410 e. The molecule has 0 N–H and O–H groups in total. The molecule has 2 rings (SSSR count). The minimum Gasteiger partial charge on any atom is -0.463 e. The van der Waals surface area contributed by atoms with Crippen LogP contribution in [0.4, 0.5) is 4.79 Å². The summed E-state index contributed by atoms with van der Waals surface area (Å²) in [7, 11) is 0. The van der Waals surface area contributed by atoms with E-state index in [4.69, 9.17) is 9.47 Å². The SMILES string of the molecule is CCOC(=O)C=C1CC2(C1)CN(C(=O)OC(C)(C)C)C2. The van der Waals surface area contributed by atoms with Crippen LogP contribution in [0.3, 0.4) is 0 Å². The summed E-state index contributed by atoms with van der Waals surface area (Å²) in [5.74, 6) is -0.263. The summed E-state index contributed by atoms with van der Waals surface area (Å²) in [6.45, 7) is 9.24. The lowest BCUT2D eigenvalue weighted by Crippen LogP contribution is -2.62. The zero-order valence-electron chi connectivity index (χ0n) is 12.7. The molecule has 5 heteroatoms. The number of rotatable bonds is 2. The van der Waals surface area contributed by atoms with Crippen LogP contribution in [0, 0.1) is 5.41 Å². The van der Waals surface area contributed by atoms with Crippen LogP contribution in [0.25, 0.3) is 0 Å². The first-order valence-electron chi connectivity index (χ1n) is 7.07. The van der Waals surface area contributed by atoms with Gasteiger partial charge in [-0.2, -0.15) is 0 Å². The normalized spacial score (nSPS) is 20.0. The van der Waals surface area contributed by atoms with Crippen LogP contribution in [-0.4, -0.2) is 42.3 Å². The van der Waals surface area contributed by atoms with Crippen molar-refractivity contribution in [1.82, 2.24) is 4.90 Å². The van der Waals surface area contributed by atoms with Crippen molar-refractivity contribution in [2.24, 2.45) is 5.41 Å². The predicted molar refractivity (Wildman–Crippen MR) is 74.2 cm³/mol. The molecule has 0 aromatic rings. The standard InChI is InChI=1S/C15H23NO4/c1-5-19-12(17)6-11-7-15(8-11)9-16(10-15)13(18)20-14(2,3)4/h6H,5,7-10H2,1-4H3. The maximum absolute atomic E-state index is 11.8. The number of carbonyl (C=O) groups excluding carboxylic acids is 2. The van der Waals surface area contributed by atoms with E-state index >= 15 is 0 Å². The monoisotopic (exact) mass is 281 g/mol. The van der Waals surface area contributed by atoms with Crippen molar-refractivity contribution in [3.05, 3.63) is 11.6 Å². The average Bonchev–Trinajstić information content (AvgIpc) is 2.16. The van der Waals surface area contributed by atoms with E-state index in [2.05, 4.69) is 0 Å². The molecule has 1 saturated carbocycles. The van der Waals surface area contributed by atoms with Gasteiger partial charge in [0.2, 0.25) is 0 Å². The molecule has 2 fully saturated rings. The molecule has 0 aromatic carbocycles. The van der Waals surface area contributed by atoms with E-state index in [1.54, 1.807) is 17.9 Å². The summed E-state index contributed by atoms with van der Waals surface area (Å²) in [4.78, 5) is 24.9. The number of amides is 1. The van der Waals surface area contributed by atoms with Crippen LogP contribution < -0.4 is 0 Å². The quantitative estimate of drug-likeness (QED) is 0.576. The Morgan fingerprint density at radius 2 is 1.90 bits per heavy atom. The molecule has 0 bridgehead atoms. The van der Waals surface area contributed by atoms with Crippen molar-refractivity contribution >= 4 is 12.1 Å². The lowest BCUT2D eigenvalue weighted by molar-refractivity contribution is -0.137. The summed E-state index contributed by atoms with van der Waals surface area (Å²) in [5.41, 5.74) is 0.844. The van der Waals surface area contributed by atoms with Crippen LogP contribution in [0.1, 0.15) is 40.5 Å². The number of hydrogen-bond donors (Lipinski definition) is 0. The van der Waals surface area contributed by atoms with Crippen molar-refractivity contribution in [2.75, 3.05) is 19.7 Å². The Kier molecular flexibility index (Phi) is 3.80. The second kappa shape index (κ2) is 5.11. The van der Waals surface area contributed by atoms with Gasteiger partial charge in [0.05, 0.1) is 6.61 Å². The fourth-order valence-electron chi connectivity index (χ4n) is 2.81. The molecular formula is C15H23NO4. The van der Waals surface area contributed by atoms with E-state index in [1.165, 1.54) is 0 Å². The molecule has 1 aliphatic carbocycles. The molecule has 1 amide bonds. The molecule has 112 valence electrons. The third kappa shape index (κ3) is 3.32. The van der Waals surface area contributed by atoms with Crippen molar-refractivity contribution < 1.29 is 19.1 Å². The predicted octanol–water partition coefficient (Wildman–Crippen LogP) is 2.51. The number of nitrogens with zero attached hydrogens (tertiary/aromatic N) is 1. The molecule has 5 nitrogen and oxygen atoms in total. The Bertz CT molecular complexity index is 431. The first-order chi connectivity index (χ1) is 9.23. The van der Waals surface area contributed by atoms with Crippen LogP contribution in [0.2, 0.25) is 0 Å². The Balaban J connectivity index is 1.76. The zero-order valence-corrected chi connectivity index (χ0v) is 12.7. The van der Waals surface area contributed by atoms with Crippen LogP contribution in [0.15, 0.2) is 11.6 Å². The topological polar surface area (TPSA) is 55.8 Å². The van der Waals surface area contributed by atoms with E-state index < -0.39 is 5.60 Å². The largest absolute Gasteiger partial charge is 0.463 e. The van der Waals surface area contributed by atoms with E-state index in [1.807, 2.05) is 20.8 Å². The number of ether oxygens (including phenoxy) is 2. The van der Waals surface area contributed by atoms with Crippen LogP contribution >= 0.6 is 0 Å². The van der Waals surface area contributed by atoms with E-state index in [0.717, 1.165) is 31.5 Å². The Morgan fingerprint density at radius 1 is 1.30 bits per heavy atom. The highest BCUT2D eigenvalue weighted by Crippen LogP contribution is 2.51. The summed E-state index contributed by atoms with van der Waals surface area (Å²) in [5, 5.41) is 0. The van der Waals surface area contributed by atoms with Gasteiger partial charge >= 0.3 is 12.1 Å². The molecule has 2 aliphatic rings. The first-order valence-corrected chi connectivity index (χ1v) is 7.07. The van der Waals surface area contributed by atoms with Gasteiger partial charge in [0, 0.05) is 24.6 Å². The Morgan fingerprint density at radius 3 is 2.40 bits per heavy atom. The summed E-state index contributed by atoms with van der Waals surface area (Å²) in [6, 6.07) is 0. The third-order valence-electron chi connectivity index (χ3n) is 3.52. The third-order valence-corrected chi connectivity index (χ3v) is 3.52. The van der Waals surface area contributed by atoms with Gasteiger partial charge in [0.1, 0.15) is 5.60 Å². The molecule has 20 heavy (non-hydrogen) atoms. The lowest BCUT2D eigenvalue weighted by atomic mass is 9.61. The van der Waals surface area contributed by atoms with E-state index in [-0.39, 0.29) is 17.5 Å². The van der Waals surface area contributed by atoms with Gasteiger partial charge in [-0.25, -0.2) is 9.59 Å². The number of hydrogen-bond acceptors (Lipinski definition) is 4. The maximum Gasteiger partial charge on any atom is 0.410 e. The van der Waals surface area contributed by atoms with Crippen LogP contribution in [0.5, 0.6) is 0 Å². The van der Waals surface area contributed by atoms with E-state index in [0.29, 0.717) is 6.61 Å². The van der Waals surface area contributed by atoms with Gasteiger partial charge < -0.3 is 14.4 Å². The summed E-state index contributed by atoms with van der Waals surface area (Å²) >= 11 is 0. The highest BCUT2D eigenvalue weighted by Gasteiger charge is 2.52. The zero-order chi connectivity index (χ0) is 15.0. The molecule has 0 radical (unpaired) electrons. The highest BCUT2D eigenvalue weighted by molar-refractivity contribution is 5.83. The van der Waals surface area contributed by atoms with Gasteiger partial charge in [0.15, 0.2) is 0 Å². The van der Waals surface area contributed by atoms with Gasteiger partial charge in [-0.1, -0.05) is 5.57 Å². The minimum atomic E-state index is -0.450. The van der Waals surface area contributed by atoms with Gasteiger partial charge in [-0.05, 0) is 40.5 Å². The lowest BCUT2D eigenvalue weighted by Gasteiger charge is -2.56. The fraction of sp³-hybridized carbons (Fsp3) is 0.733. The maximum atomic E-state index is 11.8. The molecule has 1 spiro atoms. The van der Waals surface area contributed by atoms with Gasteiger partial charge in [0.25, 0.3) is 0 Å². The summed E-state index contributed by atoms with van der Waals surface area (Å²) < 4.78 is 10.2. The van der Waals surface area contributed by atoms with Gasteiger partial charge in [-0.3, -0.25) is 0 Å². The Hall–Kier alpha value is -1.52. The molecule has 1 heterocycles. The van der Waals surface area contributed by atoms with Crippen molar-refractivity contribution in [3.63, 3.8) is 0 Å². The second-order valence-corrected chi connectivity index (χ2v) is 6.74. The molecule has 0 atom stereocenters. The number of esters is 1. The van der Waals surface area contributed by atoms with Crippen molar-refractivity contribution in [2.45, 2.75) is 46.1 Å². The summed E-state index contributed by atoms with van der Waals surface area (Å²) in [6.07, 6.45) is 3.10. The molecule has 1 aliphatic heterocycles. The highest BCUT2D eigenvalue weighted by atomic mass is 16.6. The average molecular weight is 281 g/mol. The molecular weight excluding hydrogens is 258 g/mol. The number of likely N-dealkylation sites (tertiary alicyclic amines) is 1. The van der Waals surface area contributed by atoms with Crippen molar-refractivity contribution in [3.8, 4) is 0 Å². The van der Waals surface area contributed by atoms with Crippen molar-refractivity contribution in [1.29, 1.82) is 0 Å². The second-order valence-electron chi connectivity index (χ2n) is 6.74. The molecule has 0 unspecified atom stereocenters. The van der Waals surface area contributed by atoms with E-state index in [9.17, 15) is 9.59 Å². The fourth-order valence-corrected chi connectivity index (χ4v) is 2.81. The van der Waals surface area contributed by atoms with Crippen LogP contribution in [-0.2, 0) is 14.3 Å². The number of allylic oxidation sites excluding steroid dienone is 1.